The van der Waals surface area contributed by atoms with Crippen molar-refractivity contribution in [3.05, 3.63) is 0 Å². The molecule has 152 valence electrons. The molecule has 0 aromatic rings. The summed E-state index contributed by atoms with van der Waals surface area (Å²) in [6.07, 6.45) is 18.8. The third-order valence-electron chi connectivity index (χ3n) is 4.97. The van der Waals surface area contributed by atoms with E-state index in [1.807, 2.05) is 0 Å². The molecule has 0 fully saturated rings. The minimum Gasteiger partial charge on any atom is -0.748 e. The molecule has 0 radical (unpaired) electrons. The monoisotopic (exact) mass is 400 g/mol. The minimum atomic E-state index is -4.22. The molecule has 6 heteroatoms. The Morgan fingerprint density at radius 2 is 1.04 bits per heavy atom. The Hall–Kier alpha value is 0.870. The van der Waals surface area contributed by atoms with Crippen molar-refractivity contribution in [2.45, 2.75) is 121 Å². The summed E-state index contributed by atoms with van der Waals surface area (Å²) in [6.45, 7) is 2.20. The Morgan fingerprint density at radius 3 is 1.38 bits per heavy atom. The molecule has 0 saturated heterocycles. The van der Waals surface area contributed by atoms with E-state index in [1.165, 1.54) is 70.6 Å². The third-order valence-corrected chi connectivity index (χ3v) is 6.26. The number of unbranched alkanes of at least 4 members (excludes halogenated alkanes) is 13. The van der Waals surface area contributed by atoms with E-state index in [2.05, 4.69) is 6.92 Å². The van der Waals surface area contributed by atoms with Crippen LogP contribution in [-0.2, 0) is 10.1 Å². The first kappa shape index (κ1) is 29.1. The van der Waals surface area contributed by atoms with E-state index in [0.29, 0.717) is 19.3 Å². The van der Waals surface area contributed by atoms with Crippen LogP contribution in [0.25, 0.3) is 0 Å². The van der Waals surface area contributed by atoms with Crippen LogP contribution < -0.4 is 29.6 Å². The first-order valence-electron chi connectivity index (χ1n) is 10.6. The molecule has 26 heavy (non-hydrogen) atoms. The molecule has 0 aliphatic carbocycles. The number of aliphatic hydroxyl groups is 1. The summed E-state index contributed by atoms with van der Waals surface area (Å²) < 4.78 is 33.5. The van der Waals surface area contributed by atoms with E-state index in [9.17, 15) is 13.0 Å². The standard InChI is InChI=1S/C20H42O4S.Na/c1-2-3-4-5-6-7-8-9-10-11-12-13-14-15-17-20(18-16-19-21)25(22,23)24;/h20-21H,2-19H2,1H3,(H,22,23,24);/q;+1/p-1. The van der Waals surface area contributed by atoms with Crippen LogP contribution in [0.4, 0.5) is 0 Å². The van der Waals surface area contributed by atoms with Gasteiger partial charge in [0.2, 0.25) is 0 Å². The molecule has 0 aromatic carbocycles. The van der Waals surface area contributed by atoms with Gasteiger partial charge < -0.3 is 9.66 Å². The van der Waals surface area contributed by atoms with Gasteiger partial charge in [-0.05, 0) is 19.3 Å². The smallest absolute Gasteiger partial charge is 0.748 e. The van der Waals surface area contributed by atoms with Gasteiger partial charge in [0.15, 0.2) is 0 Å². The van der Waals surface area contributed by atoms with Gasteiger partial charge in [0.25, 0.3) is 0 Å². The second-order valence-corrected chi connectivity index (χ2v) is 9.02. The summed E-state index contributed by atoms with van der Waals surface area (Å²) in [5.74, 6) is 0. The van der Waals surface area contributed by atoms with E-state index in [0.717, 1.165) is 19.3 Å². The summed E-state index contributed by atoms with van der Waals surface area (Å²) in [4.78, 5) is 0. The van der Waals surface area contributed by atoms with Crippen molar-refractivity contribution in [1.82, 2.24) is 0 Å². The maximum absolute atomic E-state index is 11.2. The summed E-state index contributed by atoms with van der Waals surface area (Å²) in [6, 6.07) is 0. The van der Waals surface area contributed by atoms with Crippen LogP contribution in [0.15, 0.2) is 0 Å². The normalized spacial score (nSPS) is 12.7. The predicted octanol–water partition coefficient (Wildman–Crippen LogP) is 2.55. The molecule has 0 spiro atoms. The largest absolute Gasteiger partial charge is 1.00 e. The van der Waals surface area contributed by atoms with Gasteiger partial charge in [-0.15, -0.1) is 0 Å². The fourth-order valence-electron chi connectivity index (χ4n) is 3.32. The molecular formula is C20H41NaO4S. The minimum absolute atomic E-state index is 0. The molecule has 0 heterocycles. The molecule has 0 aromatic heterocycles. The van der Waals surface area contributed by atoms with Crippen molar-refractivity contribution >= 4 is 10.1 Å². The summed E-state index contributed by atoms with van der Waals surface area (Å²) in [7, 11) is -4.22. The zero-order valence-corrected chi connectivity index (χ0v) is 20.2. The molecule has 0 amide bonds. The Bertz CT molecular complexity index is 374. The molecule has 1 unspecified atom stereocenters. The molecule has 0 aliphatic rings. The van der Waals surface area contributed by atoms with E-state index in [-0.39, 0.29) is 36.2 Å². The average molecular weight is 401 g/mol. The van der Waals surface area contributed by atoms with Gasteiger partial charge in [-0.3, -0.25) is 0 Å². The fourth-order valence-corrected chi connectivity index (χ4v) is 4.23. The van der Waals surface area contributed by atoms with Crippen LogP contribution in [0, 0.1) is 0 Å². The van der Waals surface area contributed by atoms with Crippen molar-refractivity contribution in [2.24, 2.45) is 0 Å². The van der Waals surface area contributed by atoms with Gasteiger partial charge in [0.1, 0.15) is 0 Å². The molecule has 1 atom stereocenters. The summed E-state index contributed by atoms with van der Waals surface area (Å²) in [5.41, 5.74) is 0. The van der Waals surface area contributed by atoms with Gasteiger partial charge in [-0.2, -0.15) is 0 Å². The predicted molar refractivity (Wildman–Crippen MR) is 105 cm³/mol. The van der Waals surface area contributed by atoms with Crippen LogP contribution >= 0.6 is 0 Å². The van der Waals surface area contributed by atoms with Crippen molar-refractivity contribution in [3.8, 4) is 0 Å². The Kier molecular flexibility index (Phi) is 23.0. The van der Waals surface area contributed by atoms with Crippen LogP contribution in [-0.4, -0.2) is 29.9 Å². The van der Waals surface area contributed by atoms with Gasteiger partial charge in [-0.1, -0.05) is 96.8 Å². The fraction of sp³-hybridized carbons (Fsp3) is 1.00. The molecule has 0 saturated carbocycles. The van der Waals surface area contributed by atoms with E-state index < -0.39 is 15.4 Å². The first-order valence-corrected chi connectivity index (χ1v) is 12.0. The van der Waals surface area contributed by atoms with Crippen molar-refractivity contribution in [1.29, 1.82) is 0 Å². The molecule has 4 nitrogen and oxygen atoms in total. The molecular weight excluding hydrogens is 359 g/mol. The van der Waals surface area contributed by atoms with E-state index >= 15 is 0 Å². The molecule has 0 rings (SSSR count). The number of hydrogen-bond donors (Lipinski definition) is 1. The van der Waals surface area contributed by atoms with Crippen molar-refractivity contribution < 1.29 is 47.6 Å². The quantitative estimate of drug-likeness (QED) is 0.205. The number of hydrogen-bond acceptors (Lipinski definition) is 4. The second kappa shape index (κ2) is 20.6. The summed E-state index contributed by atoms with van der Waals surface area (Å²) >= 11 is 0. The van der Waals surface area contributed by atoms with Crippen LogP contribution in [0.1, 0.15) is 116 Å². The second-order valence-electron chi connectivity index (χ2n) is 7.37. The maximum Gasteiger partial charge on any atom is 1.00 e. The molecule has 1 N–H and O–H groups in total. The molecule has 0 aliphatic heterocycles. The molecule has 0 bridgehead atoms. The number of aliphatic hydroxyl groups excluding tert-OH is 1. The maximum atomic E-state index is 11.2. The topological polar surface area (TPSA) is 77.4 Å². The SMILES string of the molecule is CCCCCCCCCCCCCCCCC(CCCO)S(=O)(=O)[O-].[Na+]. The van der Waals surface area contributed by atoms with Gasteiger partial charge in [0, 0.05) is 11.9 Å². The van der Waals surface area contributed by atoms with Crippen LogP contribution in [0.3, 0.4) is 0 Å². The Morgan fingerprint density at radius 1 is 0.692 bits per heavy atom. The van der Waals surface area contributed by atoms with E-state index in [4.69, 9.17) is 5.11 Å². The van der Waals surface area contributed by atoms with Crippen LogP contribution in [0.5, 0.6) is 0 Å². The van der Waals surface area contributed by atoms with E-state index in [1.54, 1.807) is 0 Å². The average Bonchev–Trinajstić information content (AvgIpc) is 2.56. The van der Waals surface area contributed by atoms with Gasteiger partial charge in [0.05, 0.1) is 10.1 Å². The third kappa shape index (κ3) is 19.6. The van der Waals surface area contributed by atoms with Crippen molar-refractivity contribution in [2.75, 3.05) is 6.61 Å². The van der Waals surface area contributed by atoms with Gasteiger partial charge >= 0.3 is 29.6 Å². The Balaban J connectivity index is 0. The van der Waals surface area contributed by atoms with Crippen LogP contribution in [0.2, 0.25) is 0 Å². The number of rotatable bonds is 19. The van der Waals surface area contributed by atoms with Crippen molar-refractivity contribution in [3.63, 3.8) is 0 Å². The Labute approximate surface area is 185 Å². The zero-order valence-electron chi connectivity index (χ0n) is 17.4. The van der Waals surface area contributed by atoms with Gasteiger partial charge in [-0.25, -0.2) is 8.42 Å². The first-order chi connectivity index (χ1) is 12.0. The zero-order chi connectivity index (χ0) is 18.8. The summed E-state index contributed by atoms with van der Waals surface area (Å²) in [5, 5.41) is 7.97.